The van der Waals surface area contributed by atoms with E-state index in [0.717, 1.165) is 16.9 Å². The molecule has 26 heavy (non-hydrogen) atoms. The number of fused-ring (bicyclic) bond motifs is 1. The van der Waals surface area contributed by atoms with Crippen LogP contribution in [0.3, 0.4) is 0 Å². The van der Waals surface area contributed by atoms with Gasteiger partial charge >= 0.3 is 0 Å². The average molecular weight is 355 g/mol. The highest BCUT2D eigenvalue weighted by Crippen LogP contribution is 2.32. The summed E-state index contributed by atoms with van der Waals surface area (Å²) in [6.45, 7) is 2.53. The number of ether oxygens (including phenoxy) is 2. The van der Waals surface area contributed by atoms with E-state index in [1.165, 1.54) is 0 Å². The van der Waals surface area contributed by atoms with E-state index in [9.17, 15) is 9.59 Å². The Morgan fingerprint density at radius 3 is 2.19 bits per heavy atom. The normalized spacial score (nSPS) is 16.0. The van der Waals surface area contributed by atoms with Crippen molar-refractivity contribution in [2.24, 2.45) is 0 Å². The molecule has 0 bridgehead atoms. The fraction of sp³-hybridized carbons (Fsp3) is 0.368. The van der Waals surface area contributed by atoms with Crippen molar-refractivity contribution in [2.75, 3.05) is 33.0 Å². The lowest BCUT2D eigenvalue weighted by Crippen LogP contribution is -2.51. The van der Waals surface area contributed by atoms with Crippen LogP contribution in [0.15, 0.2) is 36.7 Å². The third-order valence-electron chi connectivity index (χ3n) is 4.80. The fourth-order valence-corrected chi connectivity index (χ4v) is 3.30. The van der Waals surface area contributed by atoms with Gasteiger partial charge in [-0.1, -0.05) is 6.07 Å². The van der Waals surface area contributed by atoms with Gasteiger partial charge in [0.25, 0.3) is 0 Å². The lowest BCUT2D eigenvalue weighted by atomic mass is 10.1. The van der Waals surface area contributed by atoms with Crippen LogP contribution in [0.5, 0.6) is 11.5 Å². The molecule has 2 aliphatic heterocycles. The number of aromatic amines is 1. The monoisotopic (exact) mass is 355 g/mol. The third kappa shape index (κ3) is 3.51. The van der Waals surface area contributed by atoms with Crippen LogP contribution in [0.25, 0.3) is 0 Å². The molecular weight excluding hydrogens is 334 g/mol. The zero-order valence-electron chi connectivity index (χ0n) is 14.4. The number of amides is 2. The largest absolute Gasteiger partial charge is 0.454 e. The minimum atomic E-state index is 0.0709. The Morgan fingerprint density at radius 2 is 1.54 bits per heavy atom. The second-order valence-electron chi connectivity index (χ2n) is 6.52. The van der Waals surface area contributed by atoms with Gasteiger partial charge in [0.15, 0.2) is 11.5 Å². The van der Waals surface area contributed by atoms with Crippen LogP contribution >= 0.6 is 0 Å². The second-order valence-corrected chi connectivity index (χ2v) is 6.52. The van der Waals surface area contributed by atoms with Gasteiger partial charge in [0.1, 0.15) is 0 Å². The first-order valence-corrected chi connectivity index (χ1v) is 8.75. The maximum atomic E-state index is 12.5. The molecule has 2 amide bonds. The van der Waals surface area contributed by atoms with Gasteiger partial charge in [-0.2, -0.15) is 0 Å². The van der Waals surface area contributed by atoms with Gasteiger partial charge in [0.2, 0.25) is 18.6 Å². The van der Waals surface area contributed by atoms with Crippen LogP contribution in [0.2, 0.25) is 0 Å². The molecule has 1 aromatic carbocycles. The summed E-state index contributed by atoms with van der Waals surface area (Å²) in [5.41, 5.74) is 1.89. The number of aromatic nitrogens is 1. The first-order valence-electron chi connectivity index (χ1n) is 8.75. The fourth-order valence-electron chi connectivity index (χ4n) is 3.30. The van der Waals surface area contributed by atoms with Crippen LogP contribution in [0, 0.1) is 0 Å². The Hall–Kier alpha value is -2.96. The summed E-state index contributed by atoms with van der Waals surface area (Å²) in [5, 5.41) is 0. The molecular formula is C19H21N3O4. The average Bonchev–Trinajstić information content (AvgIpc) is 3.33. The molecule has 0 unspecified atom stereocenters. The van der Waals surface area contributed by atoms with Crippen molar-refractivity contribution in [3.8, 4) is 11.5 Å². The molecule has 0 spiro atoms. The molecule has 1 N–H and O–H groups in total. The van der Waals surface area contributed by atoms with Gasteiger partial charge in [-0.05, 0) is 29.3 Å². The SMILES string of the molecule is O=C(Cc1cc[nH]c1)N1CCN(C(=O)Cc2ccc3c(c2)OCO3)CC1. The van der Waals surface area contributed by atoms with Crippen LogP contribution in [0.1, 0.15) is 11.1 Å². The molecule has 7 heteroatoms. The van der Waals surface area contributed by atoms with Crippen molar-refractivity contribution in [3.63, 3.8) is 0 Å². The van der Waals surface area contributed by atoms with Crippen LogP contribution in [-0.2, 0) is 22.4 Å². The lowest BCUT2D eigenvalue weighted by Gasteiger charge is -2.35. The van der Waals surface area contributed by atoms with E-state index >= 15 is 0 Å². The number of rotatable bonds is 4. The molecule has 4 rings (SSSR count). The van der Waals surface area contributed by atoms with Crippen LogP contribution in [-0.4, -0.2) is 59.6 Å². The Labute approximate surface area is 151 Å². The molecule has 3 heterocycles. The molecule has 0 saturated carbocycles. The number of hydrogen-bond donors (Lipinski definition) is 1. The zero-order valence-corrected chi connectivity index (χ0v) is 14.4. The van der Waals surface area contributed by atoms with Crippen molar-refractivity contribution in [1.82, 2.24) is 14.8 Å². The van der Waals surface area contributed by atoms with Gasteiger partial charge in [-0.15, -0.1) is 0 Å². The third-order valence-corrected chi connectivity index (χ3v) is 4.80. The molecule has 0 atom stereocenters. The molecule has 136 valence electrons. The van der Waals surface area contributed by atoms with Crippen molar-refractivity contribution in [3.05, 3.63) is 47.8 Å². The summed E-state index contributed by atoms with van der Waals surface area (Å²) in [6.07, 6.45) is 4.38. The number of nitrogens with zero attached hydrogens (tertiary/aromatic N) is 2. The number of piperazine rings is 1. The molecule has 1 saturated heterocycles. The van der Waals surface area contributed by atoms with Crippen LogP contribution in [0.4, 0.5) is 0 Å². The van der Waals surface area contributed by atoms with E-state index in [1.807, 2.05) is 46.5 Å². The van der Waals surface area contributed by atoms with E-state index in [-0.39, 0.29) is 18.6 Å². The molecule has 1 fully saturated rings. The topological polar surface area (TPSA) is 74.9 Å². The van der Waals surface area contributed by atoms with E-state index < -0.39 is 0 Å². The quantitative estimate of drug-likeness (QED) is 0.894. The van der Waals surface area contributed by atoms with E-state index in [4.69, 9.17) is 9.47 Å². The number of hydrogen-bond acceptors (Lipinski definition) is 4. The predicted octanol–water partition coefficient (Wildman–Crippen LogP) is 1.20. The minimum Gasteiger partial charge on any atom is -0.454 e. The predicted molar refractivity (Wildman–Crippen MR) is 93.9 cm³/mol. The van der Waals surface area contributed by atoms with Crippen molar-refractivity contribution >= 4 is 11.8 Å². The Kier molecular flexibility index (Phi) is 4.51. The maximum absolute atomic E-state index is 12.5. The highest BCUT2D eigenvalue weighted by atomic mass is 16.7. The summed E-state index contributed by atoms with van der Waals surface area (Å²) in [6, 6.07) is 7.49. The van der Waals surface area contributed by atoms with Gasteiger partial charge in [-0.25, -0.2) is 0 Å². The van der Waals surface area contributed by atoms with Crippen LogP contribution < -0.4 is 9.47 Å². The molecule has 2 aliphatic rings. The number of carbonyl (C=O) groups is 2. The maximum Gasteiger partial charge on any atom is 0.231 e. The summed E-state index contributed by atoms with van der Waals surface area (Å²) in [5.74, 6) is 1.58. The number of benzene rings is 1. The highest BCUT2D eigenvalue weighted by Gasteiger charge is 2.24. The lowest BCUT2D eigenvalue weighted by molar-refractivity contribution is -0.138. The summed E-state index contributed by atoms with van der Waals surface area (Å²) < 4.78 is 10.6. The zero-order chi connectivity index (χ0) is 17.9. The Balaban J connectivity index is 1.28. The highest BCUT2D eigenvalue weighted by molar-refractivity contribution is 5.81. The van der Waals surface area contributed by atoms with E-state index in [1.54, 1.807) is 0 Å². The Morgan fingerprint density at radius 1 is 0.885 bits per heavy atom. The van der Waals surface area contributed by atoms with Crippen molar-refractivity contribution in [2.45, 2.75) is 12.8 Å². The summed E-state index contributed by atoms with van der Waals surface area (Å²) >= 11 is 0. The number of nitrogens with one attached hydrogen (secondary N) is 1. The molecule has 0 radical (unpaired) electrons. The standard InChI is InChI=1S/C19H21N3O4/c23-18(10-14-1-2-16-17(9-14)26-13-25-16)21-5-7-22(8-6-21)19(24)11-15-3-4-20-12-15/h1-4,9,12,20H,5-8,10-11,13H2. The molecule has 0 aliphatic carbocycles. The van der Waals surface area contributed by atoms with Gasteiger partial charge in [0.05, 0.1) is 12.8 Å². The number of H-pyrrole nitrogens is 1. The number of carbonyl (C=O) groups excluding carboxylic acids is 2. The molecule has 7 nitrogen and oxygen atoms in total. The first-order chi connectivity index (χ1) is 12.7. The molecule has 2 aromatic rings. The summed E-state index contributed by atoms with van der Waals surface area (Å²) in [7, 11) is 0. The smallest absolute Gasteiger partial charge is 0.231 e. The Bertz CT molecular complexity index is 795. The minimum absolute atomic E-state index is 0.0709. The summed E-state index contributed by atoms with van der Waals surface area (Å²) in [4.78, 5) is 31.5. The van der Waals surface area contributed by atoms with Gasteiger partial charge in [-0.3, -0.25) is 9.59 Å². The second kappa shape index (κ2) is 7.11. The van der Waals surface area contributed by atoms with Crippen molar-refractivity contribution in [1.29, 1.82) is 0 Å². The molecule has 1 aromatic heterocycles. The van der Waals surface area contributed by atoms with Gasteiger partial charge in [0, 0.05) is 38.6 Å². The van der Waals surface area contributed by atoms with Gasteiger partial charge < -0.3 is 24.3 Å². The van der Waals surface area contributed by atoms with E-state index in [2.05, 4.69) is 4.98 Å². The first kappa shape index (κ1) is 16.5. The van der Waals surface area contributed by atoms with Crippen molar-refractivity contribution < 1.29 is 19.1 Å². The van der Waals surface area contributed by atoms with E-state index in [0.29, 0.717) is 44.8 Å².